The topological polar surface area (TPSA) is 73.2 Å². The van der Waals surface area contributed by atoms with E-state index in [1.54, 1.807) is 13.0 Å². The summed E-state index contributed by atoms with van der Waals surface area (Å²) >= 11 is 0. The number of ether oxygens (including phenoxy) is 1. The van der Waals surface area contributed by atoms with Gasteiger partial charge in [0, 0.05) is 18.2 Å². The number of hydrogen-bond donors (Lipinski definition) is 1. The molecule has 2 rings (SSSR count). The molecule has 0 radical (unpaired) electrons. The second kappa shape index (κ2) is 8.46. The highest BCUT2D eigenvalue weighted by atomic mass is 16.5. The smallest absolute Gasteiger partial charge is 0.267 e. The van der Waals surface area contributed by atoms with E-state index < -0.39 is 0 Å². The van der Waals surface area contributed by atoms with Gasteiger partial charge in [0.05, 0.1) is 11.8 Å². The van der Waals surface area contributed by atoms with E-state index >= 15 is 0 Å². The zero-order valence-electron chi connectivity index (χ0n) is 15.2. The summed E-state index contributed by atoms with van der Waals surface area (Å²) in [5.74, 6) is 0.510. The quantitative estimate of drug-likeness (QED) is 0.837. The molecule has 1 aromatic heterocycles. The van der Waals surface area contributed by atoms with Crippen LogP contribution in [0.3, 0.4) is 0 Å². The molecule has 2 aromatic rings. The molecule has 6 nitrogen and oxygen atoms in total. The van der Waals surface area contributed by atoms with Crippen molar-refractivity contribution in [2.24, 2.45) is 0 Å². The van der Waals surface area contributed by atoms with Crippen LogP contribution in [0.1, 0.15) is 37.1 Å². The molecule has 0 fully saturated rings. The van der Waals surface area contributed by atoms with Gasteiger partial charge in [-0.15, -0.1) is 0 Å². The Morgan fingerprint density at radius 3 is 2.76 bits per heavy atom. The molecule has 1 aromatic carbocycles. The fourth-order valence-corrected chi connectivity index (χ4v) is 2.27. The van der Waals surface area contributed by atoms with Crippen LogP contribution in [0.25, 0.3) is 0 Å². The third-order valence-electron chi connectivity index (χ3n) is 3.90. The number of carbonyl (C=O) groups excluding carboxylic acids is 1. The summed E-state index contributed by atoms with van der Waals surface area (Å²) in [6, 6.07) is 8.94. The van der Waals surface area contributed by atoms with Gasteiger partial charge in [-0.1, -0.05) is 19.1 Å². The summed E-state index contributed by atoms with van der Waals surface area (Å²) in [5, 5.41) is 6.89. The van der Waals surface area contributed by atoms with Crippen molar-refractivity contribution in [1.82, 2.24) is 15.1 Å². The van der Waals surface area contributed by atoms with Gasteiger partial charge < -0.3 is 10.1 Å². The zero-order valence-corrected chi connectivity index (χ0v) is 15.2. The number of benzene rings is 1. The molecular weight excluding hydrogens is 318 g/mol. The second-order valence-electron chi connectivity index (χ2n) is 6.20. The molecule has 134 valence electrons. The van der Waals surface area contributed by atoms with Gasteiger partial charge in [-0.2, -0.15) is 5.10 Å². The lowest BCUT2D eigenvalue weighted by atomic mass is 10.1. The molecule has 1 heterocycles. The largest absolute Gasteiger partial charge is 0.490 e. The molecule has 1 amide bonds. The van der Waals surface area contributed by atoms with Gasteiger partial charge in [-0.25, -0.2) is 4.68 Å². The fourth-order valence-electron chi connectivity index (χ4n) is 2.27. The lowest BCUT2D eigenvalue weighted by Gasteiger charge is -2.17. The van der Waals surface area contributed by atoms with Crippen molar-refractivity contribution in [3.05, 3.63) is 57.5 Å². The van der Waals surface area contributed by atoms with Crippen LogP contribution in [0.2, 0.25) is 0 Å². The predicted molar refractivity (Wildman–Crippen MR) is 96.6 cm³/mol. The van der Waals surface area contributed by atoms with E-state index in [0.717, 1.165) is 28.0 Å². The van der Waals surface area contributed by atoms with Crippen LogP contribution in [0.5, 0.6) is 5.75 Å². The molecule has 25 heavy (non-hydrogen) atoms. The third kappa shape index (κ3) is 5.45. The Balaban J connectivity index is 2.04. The van der Waals surface area contributed by atoms with E-state index in [0.29, 0.717) is 12.2 Å². The summed E-state index contributed by atoms with van der Waals surface area (Å²) in [4.78, 5) is 23.9. The minimum absolute atomic E-state index is 0.103. The highest BCUT2D eigenvalue weighted by Gasteiger charge is 2.10. The molecule has 0 aliphatic rings. The fraction of sp³-hybridized carbons (Fsp3) is 0.421. The molecule has 1 atom stereocenters. The third-order valence-corrected chi connectivity index (χ3v) is 3.90. The maximum atomic E-state index is 12.2. The van der Waals surface area contributed by atoms with E-state index in [1.807, 2.05) is 32.0 Å². The van der Waals surface area contributed by atoms with Gasteiger partial charge in [0.2, 0.25) is 5.91 Å². The first-order valence-electron chi connectivity index (χ1n) is 8.46. The van der Waals surface area contributed by atoms with Crippen LogP contribution in [0, 0.1) is 13.8 Å². The number of aromatic nitrogens is 2. The average molecular weight is 343 g/mol. The summed E-state index contributed by atoms with van der Waals surface area (Å²) in [7, 11) is 0. The monoisotopic (exact) mass is 343 g/mol. The number of amides is 1. The number of aryl methyl sites for hydroxylation is 2. The van der Waals surface area contributed by atoms with E-state index in [4.69, 9.17) is 4.74 Å². The summed E-state index contributed by atoms with van der Waals surface area (Å²) in [6.07, 6.45) is 1.01. The summed E-state index contributed by atoms with van der Waals surface area (Å²) in [5.41, 5.74) is 2.40. The Hall–Kier alpha value is -2.63. The van der Waals surface area contributed by atoms with Crippen molar-refractivity contribution >= 4 is 5.91 Å². The molecule has 6 heteroatoms. The van der Waals surface area contributed by atoms with Gasteiger partial charge in [-0.05, 0) is 44.9 Å². The van der Waals surface area contributed by atoms with Crippen molar-refractivity contribution in [3.63, 3.8) is 0 Å². The molecule has 1 N–H and O–H groups in total. The minimum Gasteiger partial charge on any atom is -0.490 e. The second-order valence-corrected chi connectivity index (χ2v) is 6.20. The first-order valence-corrected chi connectivity index (χ1v) is 8.46. The Morgan fingerprint density at radius 2 is 2.04 bits per heavy atom. The van der Waals surface area contributed by atoms with E-state index in [1.165, 1.54) is 6.07 Å². The van der Waals surface area contributed by atoms with Crippen LogP contribution >= 0.6 is 0 Å². The van der Waals surface area contributed by atoms with Crippen molar-refractivity contribution in [1.29, 1.82) is 0 Å². The number of hydrogen-bond acceptors (Lipinski definition) is 4. The van der Waals surface area contributed by atoms with Crippen LogP contribution < -0.4 is 15.6 Å². The molecule has 0 bridgehead atoms. The average Bonchev–Trinajstić information content (AvgIpc) is 2.57. The van der Waals surface area contributed by atoms with Gasteiger partial charge in [-0.3, -0.25) is 9.59 Å². The first kappa shape index (κ1) is 18.7. The normalized spacial score (nSPS) is 11.8. The summed E-state index contributed by atoms with van der Waals surface area (Å²) in [6.45, 7) is 8.09. The van der Waals surface area contributed by atoms with Crippen LogP contribution in [-0.4, -0.2) is 21.8 Å². The Kier molecular flexibility index (Phi) is 6.33. The molecule has 0 aliphatic carbocycles. The molecule has 0 spiro atoms. The molecule has 0 saturated heterocycles. The maximum absolute atomic E-state index is 12.2. The van der Waals surface area contributed by atoms with E-state index in [9.17, 15) is 9.59 Å². The lowest BCUT2D eigenvalue weighted by Crippen LogP contribution is -2.33. The summed E-state index contributed by atoms with van der Waals surface area (Å²) < 4.78 is 7.11. The first-order chi connectivity index (χ1) is 11.9. The maximum Gasteiger partial charge on any atom is 0.267 e. The Morgan fingerprint density at radius 1 is 1.28 bits per heavy atom. The highest BCUT2D eigenvalue weighted by Crippen LogP contribution is 2.22. The van der Waals surface area contributed by atoms with E-state index in [-0.39, 0.29) is 24.1 Å². The zero-order chi connectivity index (χ0) is 18.4. The molecule has 0 unspecified atom stereocenters. The number of carbonyl (C=O) groups is 1. The van der Waals surface area contributed by atoms with Crippen molar-refractivity contribution in [3.8, 4) is 5.75 Å². The van der Waals surface area contributed by atoms with Gasteiger partial charge >= 0.3 is 0 Å². The standard InChI is InChI=1S/C19H25N3O3/c1-5-15(4)25-17-10-13(2)6-8-16(17)11-20-18(23)12-22-19(24)9-7-14(3)21-22/h6-10,15H,5,11-12H2,1-4H3,(H,20,23)/t15-/m1/s1. The molecular formula is C19H25N3O3. The molecule has 0 saturated carbocycles. The van der Waals surface area contributed by atoms with Crippen LogP contribution in [0.15, 0.2) is 35.1 Å². The van der Waals surface area contributed by atoms with Gasteiger partial charge in [0.25, 0.3) is 5.56 Å². The van der Waals surface area contributed by atoms with E-state index in [2.05, 4.69) is 17.3 Å². The predicted octanol–water partition coefficient (Wildman–Crippen LogP) is 2.35. The van der Waals surface area contributed by atoms with Gasteiger partial charge in [0.1, 0.15) is 12.3 Å². The lowest BCUT2D eigenvalue weighted by molar-refractivity contribution is -0.122. The Bertz CT molecular complexity index is 799. The number of nitrogens with zero attached hydrogens (tertiary/aromatic N) is 2. The van der Waals surface area contributed by atoms with Crippen molar-refractivity contribution in [2.45, 2.75) is 53.3 Å². The Labute approximate surface area is 147 Å². The number of rotatable bonds is 7. The van der Waals surface area contributed by atoms with Crippen LogP contribution in [-0.2, 0) is 17.9 Å². The SMILES string of the molecule is CC[C@@H](C)Oc1cc(C)ccc1CNC(=O)Cn1nc(C)ccc1=O. The minimum atomic E-state index is -0.295. The van der Waals surface area contributed by atoms with Crippen molar-refractivity contribution in [2.75, 3.05) is 0 Å². The number of nitrogens with one attached hydrogen (secondary N) is 1. The van der Waals surface area contributed by atoms with Gasteiger partial charge in [0.15, 0.2) is 0 Å². The van der Waals surface area contributed by atoms with Crippen molar-refractivity contribution < 1.29 is 9.53 Å². The van der Waals surface area contributed by atoms with Crippen LogP contribution in [0.4, 0.5) is 0 Å². The molecule has 0 aliphatic heterocycles. The highest BCUT2D eigenvalue weighted by molar-refractivity contribution is 5.75.